The molecular formula is C15H17N3O3. The summed E-state index contributed by atoms with van der Waals surface area (Å²) in [5.74, 6) is 0.341. The van der Waals surface area contributed by atoms with E-state index in [1.165, 1.54) is 0 Å². The molecule has 110 valence electrons. The van der Waals surface area contributed by atoms with E-state index in [0.29, 0.717) is 5.76 Å². The van der Waals surface area contributed by atoms with Crippen molar-refractivity contribution in [2.75, 3.05) is 36.5 Å². The van der Waals surface area contributed by atoms with Crippen LogP contribution in [0.5, 0.6) is 0 Å². The molecular weight excluding hydrogens is 270 g/mol. The number of aryl methyl sites for hydroxylation is 1. The van der Waals surface area contributed by atoms with Crippen LogP contribution in [-0.2, 0) is 4.74 Å². The maximum Gasteiger partial charge on any atom is 0.277 e. The molecule has 2 heterocycles. The van der Waals surface area contributed by atoms with E-state index in [4.69, 9.17) is 9.26 Å². The molecule has 0 atom stereocenters. The molecule has 0 spiro atoms. The molecule has 1 amide bonds. The highest BCUT2D eigenvalue weighted by Gasteiger charge is 2.13. The normalized spacial score (nSPS) is 15.0. The third-order valence-corrected chi connectivity index (χ3v) is 3.36. The lowest BCUT2D eigenvalue weighted by Crippen LogP contribution is -2.36. The molecule has 6 nitrogen and oxygen atoms in total. The molecule has 1 aliphatic heterocycles. The van der Waals surface area contributed by atoms with Crippen molar-refractivity contribution >= 4 is 17.3 Å². The average molecular weight is 287 g/mol. The van der Waals surface area contributed by atoms with Gasteiger partial charge in [-0.2, -0.15) is 0 Å². The van der Waals surface area contributed by atoms with Crippen LogP contribution < -0.4 is 10.2 Å². The molecule has 0 aliphatic carbocycles. The van der Waals surface area contributed by atoms with Crippen LogP contribution in [0.4, 0.5) is 11.4 Å². The van der Waals surface area contributed by atoms with Gasteiger partial charge in [-0.1, -0.05) is 5.16 Å². The topological polar surface area (TPSA) is 67.6 Å². The zero-order valence-electron chi connectivity index (χ0n) is 11.8. The van der Waals surface area contributed by atoms with E-state index in [1.807, 2.05) is 24.3 Å². The van der Waals surface area contributed by atoms with Gasteiger partial charge in [0.25, 0.3) is 5.91 Å². The number of hydrogen-bond donors (Lipinski definition) is 1. The van der Waals surface area contributed by atoms with Crippen molar-refractivity contribution in [3.05, 3.63) is 41.8 Å². The van der Waals surface area contributed by atoms with Crippen LogP contribution in [0.2, 0.25) is 0 Å². The van der Waals surface area contributed by atoms with Crippen molar-refractivity contribution in [2.24, 2.45) is 0 Å². The largest absolute Gasteiger partial charge is 0.378 e. The van der Waals surface area contributed by atoms with Gasteiger partial charge < -0.3 is 19.5 Å². The van der Waals surface area contributed by atoms with Crippen LogP contribution in [0.1, 0.15) is 16.2 Å². The van der Waals surface area contributed by atoms with Gasteiger partial charge in [0.05, 0.1) is 13.2 Å². The molecule has 3 rings (SSSR count). The molecule has 0 bridgehead atoms. The summed E-state index contributed by atoms with van der Waals surface area (Å²) in [4.78, 5) is 14.2. The van der Waals surface area contributed by atoms with E-state index in [0.717, 1.165) is 37.7 Å². The summed E-state index contributed by atoms with van der Waals surface area (Å²) >= 11 is 0. The Hall–Kier alpha value is -2.34. The molecule has 0 unspecified atom stereocenters. The molecule has 0 saturated carbocycles. The summed E-state index contributed by atoms with van der Waals surface area (Å²) in [5.41, 5.74) is 2.15. The van der Waals surface area contributed by atoms with Crippen LogP contribution in [0.25, 0.3) is 0 Å². The minimum Gasteiger partial charge on any atom is -0.378 e. The number of morpholine rings is 1. The predicted molar refractivity (Wildman–Crippen MR) is 78.7 cm³/mol. The molecule has 0 radical (unpaired) electrons. The minimum absolute atomic E-state index is 0.272. The maximum absolute atomic E-state index is 12.0. The molecule has 1 aromatic carbocycles. The highest BCUT2D eigenvalue weighted by atomic mass is 16.5. The lowest BCUT2D eigenvalue weighted by Gasteiger charge is -2.28. The summed E-state index contributed by atoms with van der Waals surface area (Å²) in [6, 6.07) is 9.37. The van der Waals surface area contributed by atoms with Crippen LogP contribution in [-0.4, -0.2) is 37.4 Å². The molecule has 1 aromatic heterocycles. The van der Waals surface area contributed by atoms with Crippen molar-refractivity contribution < 1.29 is 14.1 Å². The fourth-order valence-corrected chi connectivity index (χ4v) is 2.25. The van der Waals surface area contributed by atoms with Gasteiger partial charge in [-0.25, -0.2) is 0 Å². The monoisotopic (exact) mass is 287 g/mol. The molecule has 1 saturated heterocycles. The van der Waals surface area contributed by atoms with E-state index < -0.39 is 0 Å². The summed E-state index contributed by atoms with van der Waals surface area (Å²) in [5, 5.41) is 6.49. The molecule has 1 N–H and O–H groups in total. The number of ether oxygens (including phenoxy) is 1. The van der Waals surface area contributed by atoms with E-state index in [1.54, 1.807) is 13.0 Å². The number of carbonyl (C=O) groups excluding carboxylic acids is 1. The van der Waals surface area contributed by atoms with Gasteiger partial charge in [0.15, 0.2) is 5.69 Å². The van der Waals surface area contributed by atoms with E-state index >= 15 is 0 Å². The summed E-state index contributed by atoms with van der Waals surface area (Å²) in [6.45, 7) is 5.04. The maximum atomic E-state index is 12.0. The van der Waals surface area contributed by atoms with E-state index in [-0.39, 0.29) is 11.6 Å². The molecule has 6 heteroatoms. The number of nitrogens with zero attached hydrogens (tertiary/aromatic N) is 2. The Labute approximate surface area is 122 Å². The van der Waals surface area contributed by atoms with Crippen LogP contribution in [0, 0.1) is 6.92 Å². The van der Waals surface area contributed by atoms with Gasteiger partial charge in [-0.15, -0.1) is 0 Å². The van der Waals surface area contributed by atoms with Gasteiger partial charge in [-0.05, 0) is 31.2 Å². The Balaban J connectivity index is 1.65. The summed E-state index contributed by atoms with van der Waals surface area (Å²) in [6.07, 6.45) is 0. The highest BCUT2D eigenvalue weighted by molar-refractivity contribution is 6.02. The molecule has 2 aromatic rings. The third-order valence-electron chi connectivity index (χ3n) is 3.36. The third kappa shape index (κ3) is 3.22. The first-order valence-electron chi connectivity index (χ1n) is 6.90. The summed E-state index contributed by atoms with van der Waals surface area (Å²) < 4.78 is 10.2. The Morgan fingerprint density at radius 2 is 1.95 bits per heavy atom. The van der Waals surface area contributed by atoms with Crippen molar-refractivity contribution in [1.82, 2.24) is 5.16 Å². The van der Waals surface area contributed by atoms with E-state index in [2.05, 4.69) is 15.4 Å². The zero-order valence-corrected chi connectivity index (χ0v) is 11.8. The predicted octanol–water partition coefficient (Wildman–Crippen LogP) is 2.07. The minimum atomic E-state index is -0.272. The Morgan fingerprint density at radius 1 is 1.24 bits per heavy atom. The van der Waals surface area contributed by atoms with Crippen molar-refractivity contribution in [3.63, 3.8) is 0 Å². The fourth-order valence-electron chi connectivity index (χ4n) is 2.25. The number of carbonyl (C=O) groups is 1. The number of amides is 1. The molecule has 1 fully saturated rings. The van der Waals surface area contributed by atoms with Gasteiger partial charge in [0.1, 0.15) is 5.76 Å². The number of nitrogens with one attached hydrogen (secondary N) is 1. The number of rotatable bonds is 3. The van der Waals surface area contributed by atoms with Crippen molar-refractivity contribution in [1.29, 1.82) is 0 Å². The van der Waals surface area contributed by atoms with Gasteiger partial charge in [0.2, 0.25) is 0 Å². The number of anilines is 2. The van der Waals surface area contributed by atoms with E-state index in [9.17, 15) is 4.79 Å². The Kier molecular flexibility index (Phi) is 3.87. The number of hydrogen-bond acceptors (Lipinski definition) is 5. The fraction of sp³-hybridized carbons (Fsp3) is 0.333. The smallest absolute Gasteiger partial charge is 0.277 e. The second-order valence-corrected chi connectivity index (χ2v) is 4.92. The summed E-state index contributed by atoms with van der Waals surface area (Å²) in [7, 11) is 0. The second kappa shape index (κ2) is 5.97. The highest BCUT2D eigenvalue weighted by Crippen LogP contribution is 2.19. The van der Waals surface area contributed by atoms with Crippen LogP contribution in [0.3, 0.4) is 0 Å². The first-order valence-corrected chi connectivity index (χ1v) is 6.90. The zero-order chi connectivity index (χ0) is 14.7. The van der Waals surface area contributed by atoms with Crippen LogP contribution >= 0.6 is 0 Å². The van der Waals surface area contributed by atoms with Crippen LogP contribution in [0.15, 0.2) is 34.9 Å². The number of benzene rings is 1. The second-order valence-electron chi connectivity index (χ2n) is 4.92. The van der Waals surface area contributed by atoms with Crippen molar-refractivity contribution in [3.8, 4) is 0 Å². The first-order chi connectivity index (χ1) is 10.2. The average Bonchev–Trinajstić information content (AvgIpc) is 2.96. The lowest BCUT2D eigenvalue weighted by molar-refractivity contribution is 0.101. The standard InChI is InChI=1S/C15H17N3O3/c1-11-10-14(17-21-11)15(19)16-12-2-4-13(5-3-12)18-6-8-20-9-7-18/h2-5,10H,6-9H2,1H3,(H,16,19). The van der Waals surface area contributed by atoms with Gasteiger partial charge in [-0.3, -0.25) is 4.79 Å². The number of aromatic nitrogens is 1. The van der Waals surface area contributed by atoms with Gasteiger partial charge in [0, 0.05) is 30.5 Å². The Bertz CT molecular complexity index is 615. The molecule has 21 heavy (non-hydrogen) atoms. The Morgan fingerprint density at radius 3 is 2.57 bits per heavy atom. The van der Waals surface area contributed by atoms with Gasteiger partial charge >= 0.3 is 0 Å². The quantitative estimate of drug-likeness (QED) is 0.936. The SMILES string of the molecule is Cc1cc(C(=O)Nc2ccc(N3CCOCC3)cc2)no1. The molecule has 1 aliphatic rings. The van der Waals surface area contributed by atoms with Crippen molar-refractivity contribution in [2.45, 2.75) is 6.92 Å². The first kappa shape index (κ1) is 13.6. The lowest BCUT2D eigenvalue weighted by atomic mass is 10.2.